The number of hydrogen-bond donors (Lipinski definition) is 2. The molecule has 1 aliphatic carbocycles. The van der Waals surface area contributed by atoms with Gasteiger partial charge in [-0.25, -0.2) is 4.99 Å². The van der Waals surface area contributed by atoms with E-state index in [2.05, 4.69) is 4.99 Å². The Morgan fingerprint density at radius 1 is 1.31 bits per heavy atom. The van der Waals surface area contributed by atoms with E-state index in [4.69, 9.17) is 15.5 Å². The van der Waals surface area contributed by atoms with E-state index in [1.54, 1.807) is 7.05 Å². The molecule has 5 heteroatoms. The van der Waals surface area contributed by atoms with Gasteiger partial charge in [-0.1, -0.05) is 18.2 Å². The molecule has 5 nitrogen and oxygen atoms in total. The van der Waals surface area contributed by atoms with Crippen molar-refractivity contribution in [2.75, 3.05) is 19.4 Å². The van der Waals surface area contributed by atoms with E-state index in [-0.39, 0.29) is 6.10 Å². The summed E-state index contributed by atoms with van der Waals surface area (Å²) < 4.78 is 5.49. The van der Waals surface area contributed by atoms with Gasteiger partial charge in [0.05, 0.1) is 18.4 Å². The second kappa shape index (κ2) is 7.70. The van der Waals surface area contributed by atoms with Crippen LogP contribution in [0.4, 0.5) is 5.69 Å². The molecule has 3 rings (SSSR count). The van der Waals surface area contributed by atoms with Crippen molar-refractivity contribution in [1.82, 2.24) is 0 Å². The summed E-state index contributed by atoms with van der Waals surface area (Å²) in [6, 6.07) is 11.6. The number of nitrogens with zero attached hydrogens (tertiary/aromatic N) is 2. The fourth-order valence-electron chi connectivity index (χ4n) is 3.36. The molecule has 0 heterocycles. The van der Waals surface area contributed by atoms with E-state index < -0.39 is 0 Å². The molecule has 26 heavy (non-hydrogen) atoms. The van der Waals surface area contributed by atoms with Crippen LogP contribution in [0.5, 0.6) is 5.75 Å². The average molecular weight is 351 g/mol. The van der Waals surface area contributed by atoms with Crippen molar-refractivity contribution >= 4 is 17.2 Å². The van der Waals surface area contributed by atoms with Gasteiger partial charge >= 0.3 is 0 Å². The third-order valence-corrected chi connectivity index (χ3v) is 4.69. The lowest BCUT2D eigenvalue weighted by molar-refractivity contribution is 0.180. The highest BCUT2D eigenvalue weighted by Crippen LogP contribution is 2.33. The maximum Gasteiger partial charge on any atom is 0.154 e. The van der Waals surface area contributed by atoms with Crippen LogP contribution >= 0.6 is 0 Å². The second-order valence-electron chi connectivity index (χ2n) is 6.36. The van der Waals surface area contributed by atoms with Crippen molar-refractivity contribution < 1.29 is 9.84 Å². The van der Waals surface area contributed by atoms with Gasteiger partial charge in [-0.05, 0) is 61.6 Å². The summed E-state index contributed by atoms with van der Waals surface area (Å²) in [5.74, 6) is 1.35. The van der Waals surface area contributed by atoms with Gasteiger partial charge in [0.15, 0.2) is 5.84 Å². The quantitative estimate of drug-likeness (QED) is 0.502. The molecule has 2 aromatic rings. The lowest BCUT2D eigenvalue weighted by Crippen LogP contribution is -2.07. The molecule has 1 atom stereocenters. The van der Waals surface area contributed by atoms with Crippen LogP contribution in [0, 0.1) is 0 Å². The Morgan fingerprint density at radius 2 is 2.12 bits per heavy atom. The normalized spacial score (nSPS) is 17.3. The molecule has 0 saturated heterocycles. The highest BCUT2D eigenvalue weighted by Gasteiger charge is 2.24. The minimum atomic E-state index is -0.390. The van der Waals surface area contributed by atoms with Crippen LogP contribution in [-0.4, -0.2) is 30.3 Å². The van der Waals surface area contributed by atoms with E-state index >= 15 is 0 Å². The van der Waals surface area contributed by atoms with E-state index in [1.807, 2.05) is 50.2 Å². The Morgan fingerprint density at radius 3 is 2.81 bits per heavy atom. The maximum absolute atomic E-state index is 10.1. The summed E-state index contributed by atoms with van der Waals surface area (Å²) in [6.45, 7) is 4.45. The molecule has 0 unspecified atom stereocenters. The van der Waals surface area contributed by atoms with Gasteiger partial charge in [0.25, 0.3) is 0 Å². The number of benzene rings is 2. The number of aliphatic hydroxyl groups is 1. The highest BCUT2D eigenvalue weighted by molar-refractivity contribution is 6.12. The van der Waals surface area contributed by atoms with Crippen molar-refractivity contribution in [2.45, 2.75) is 32.8 Å². The van der Waals surface area contributed by atoms with Crippen LogP contribution in [0.15, 0.2) is 46.4 Å². The van der Waals surface area contributed by atoms with E-state index in [9.17, 15) is 5.11 Å². The van der Waals surface area contributed by atoms with Gasteiger partial charge < -0.3 is 15.6 Å². The summed E-state index contributed by atoms with van der Waals surface area (Å²) in [5, 5.41) is 10.1. The van der Waals surface area contributed by atoms with Crippen molar-refractivity contribution in [2.24, 2.45) is 9.98 Å². The topological polar surface area (TPSA) is 80.2 Å². The average Bonchev–Trinajstić information content (AvgIpc) is 3.03. The first-order valence-electron chi connectivity index (χ1n) is 8.90. The Kier molecular flexibility index (Phi) is 5.38. The predicted octanol–water partition coefficient (Wildman–Crippen LogP) is 3.53. The number of aliphatic hydroxyl groups excluding tert-OH is 1. The Labute approximate surface area is 154 Å². The van der Waals surface area contributed by atoms with Crippen LogP contribution in [0.1, 0.15) is 48.6 Å². The van der Waals surface area contributed by atoms with Crippen molar-refractivity contribution in [3.63, 3.8) is 0 Å². The lowest BCUT2D eigenvalue weighted by atomic mass is 10.0. The van der Waals surface area contributed by atoms with Gasteiger partial charge in [-0.15, -0.1) is 0 Å². The molecule has 0 bridgehead atoms. The van der Waals surface area contributed by atoms with Crippen LogP contribution in [-0.2, 0) is 6.42 Å². The van der Waals surface area contributed by atoms with Gasteiger partial charge in [0.1, 0.15) is 5.75 Å². The molecule has 3 N–H and O–H groups in total. The van der Waals surface area contributed by atoms with Gasteiger partial charge in [0, 0.05) is 18.3 Å². The standard InChI is InChI=1S/C21H25N3O2/c1-4-26-20-11-8-14(12-18(20)22)13(2)24-21(23-3)17-7-5-6-16-15(17)9-10-19(16)25/h5-8,11-12,19,25H,4,9-10,22H2,1-3H3/b23-21-,24-13+/t19-/m0/s1. The van der Waals surface area contributed by atoms with Crippen LogP contribution in [0.2, 0.25) is 0 Å². The monoisotopic (exact) mass is 351 g/mol. The zero-order valence-corrected chi connectivity index (χ0v) is 15.5. The molecule has 0 aromatic heterocycles. The van der Waals surface area contributed by atoms with Crippen molar-refractivity contribution in [3.8, 4) is 5.75 Å². The molecule has 0 fully saturated rings. The highest BCUT2D eigenvalue weighted by atomic mass is 16.5. The number of anilines is 1. The number of nitrogens with two attached hydrogens (primary N) is 1. The number of nitrogen functional groups attached to an aromatic ring is 1. The minimum Gasteiger partial charge on any atom is -0.492 e. The lowest BCUT2D eigenvalue weighted by Gasteiger charge is -2.11. The zero-order chi connectivity index (χ0) is 18.7. The summed E-state index contributed by atoms with van der Waals surface area (Å²) in [4.78, 5) is 9.13. The van der Waals surface area contributed by atoms with Crippen molar-refractivity contribution in [1.29, 1.82) is 0 Å². The first-order valence-corrected chi connectivity index (χ1v) is 8.90. The fraction of sp³-hybridized carbons (Fsp3) is 0.333. The summed E-state index contributed by atoms with van der Waals surface area (Å²) in [6.07, 6.45) is 1.21. The molecule has 0 radical (unpaired) electrons. The Balaban J connectivity index is 1.94. The number of amidine groups is 1. The van der Waals surface area contributed by atoms with Crippen molar-refractivity contribution in [3.05, 3.63) is 58.7 Å². The second-order valence-corrected chi connectivity index (χ2v) is 6.36. The third-order valence-electron chi connectivity index (χ3n) is 4.69. The van der Waals surface area contributed by atoms with E-state index in [1.165, 1.54) is 0 Å². The summed E-state index contributed by atoms with van der Waals surface area (Å²) in [5.41, 5.74) is 11.5. The van der Waals surface area contributed by atoms with E-state index in [0.717, 1.165) is 40.8 Å². The van der Waals surface area contributed by atoms with Gasteiger partial charge in [0.2, 0.25) is 0 Å². The summed E-state index contributed by atoms with van der Waals surface area (Å²) in [7, 11) is 1.74. The Bertz CT molecular complexity index is 872. The molecule has 0 amide bonds. The molecule has 136 valence electrons. The Hall–Kier alpha value is -2.66. The van der Waals surface area contributed by atoms with Gasteiger partial charge in [-0.3, -0.25) is 4.99 Å². The van der Waals surface area contributed by atoms with Crippen LogP contribution < -0.4 is 10.5 Å². The molecule has 2 aromatic carbocycles. The summed E-state index contributed by atoms with van der Waals surface area (Å²) >= 11 is 0. The first-order chi connectivity index (χ1) is 12.5. The smallest absolute Gasteiger partial charge is 0.154 e. The number of fused-ring (bicyclic) bond motifs is 1. The van der Waals surface area contributed by atoms with Gasteiger partial charge in [-0.2, -0.15) is 0 Å². The first kappa shape index (κ1) is 18.1. The van der Waals surface area contributed by atoms with Crippen LogP contribution in [0.25, 0.3) is 0 Å². The molecular weight excluding hydrogens is 326 g/mol. The number of aliphatic imine (C=N–C) groups is 2. The molecular formula is C21H25N3O2. The molecule has 0 spiro atoms. The van der Waals surface area contributed by atoms with E-state index in [0.29, 0.717) is 23.9 Å². The molecule has 0 saturated carbocycles. The SMILES string of the molecule is CCOc1ccc(/C(C)=N/C(=N\C)c2cccc3c2CC[C@@H]3O)cc1N. The van der Waals surface area contributed by atoms with Crippen LogP contribution in [0.3, 0.4) is 0 Å². The largest absolute Gasteiger partial charge is 0.492 e. The third kappa shape index (κ3) is 3.48. The maximum atomic E-state index is 10.1. The predicted molar refractivity (Wildman–Crippen MR) is 106 cm³/mol. The number of ether oxygens (including phenoxy) is 1. The molecule has 1 aliphatic rings. The fourth-order valence-corrected chi connectivity index (χ4v) is 3.36. The molecule has 0 aliphatic heterocycles. The number of rotatable bonds is 4. The number of hydrogen-bond acceptors (Lipinski definition) is 4. The minimum absolute atomic E-state index is 0.390. The zero-order valence-electron chi connectivity index (χ0n) is 15.5.